The first-order valence-electron chi connectivity index (χ1n) is 9.98. The second-order valence-corrected chi connectivity index (χ2v) is 6.82. The number of hydrogen-bond donors (Lipinski definition) is 0. The van der Waals surface area contributed by atoms with Gasteiger partial charge in [-0.2, -0.15) is 0 Å². The molecule has 2 nitrogen and oxygen atoms in total. The molecule has 0 N–H and O–H groups in total. The van der Waals surface area contributed by atoms with E-state index in [4.69, 9.17) is 0 Å². The first-order chi connectivity index (χ1) is 15.7. The van der Waals surface area contributed by atoms with E-state index in [2.05, 4.69) is 40.3 Å². The van der Waals surface area contributed by atoms with Crippen LogP contribution in [0.1, 0.15) is 0 Å². The molecule has 0 saturated carbocycles. The van der Waals surface area contributed by atoms with Gasteiger partial charge in [0.15, 0.2) is 0 Å². The molecule has 0 spiro atoms. The van der Waals surface area contributed by atoms with Gasteiger partial charge in [-0.3, -0.25) is 4.39 Å². The Balaban J connectivity index is 0.000000186. The van der Waals surface area contributed by atoms with E-state index in [1.54, 1.807) is 24.4 Å². The zero-order valence-electron chi connectivity index (χ0n) is 17.4. The van der Waals surface area contributed by atoms with Crippen LogP contribution in [0.15, 0.2) is 109 Å². The largest absolute Gasteiger partial charge is 0.305 e. The van der Waals surface area contributed by atoms with Crippen LogP contribution < -0.4 is 0 Å². The summed E-state index contributed by atoms with van der Waals surface area (Å²) in [6, 6.07) is 35.6. The van der Waals surface area contributed by atoms with Crippen LogP contribution in [0.2, 0.25) is 0 Å². The minimum Gasteiger partial charge on any atom is -0.305 e. The van der Waals surface area contributed by atoms with E-state index in [1.807, 2.05) is 54.7 Å². The Morgan fingerprint density at radius 3 is 2.06 bits per heavy atom. The van der Waals surface area contributed by atoms with Gasteiger partial charge >= 0.3 is 0 Å². The Morgan fingerprint density at radius 1 is 0.606 bits per heavy atom. The summed E-state index contributed by atoms with van der Waals surface area (Å²) in [4.78, 5) is 8.40. The molecule has 33 heavy (non-hydrogen) atoms. The van der Waals surface area contributed by atoms with Crippen molar-refractivity contribution in [3.05, 3.63) is 133 Å². The topological polar surface area (TPSA) is 25.8 Å². The first-order valence-corrected chi connectivity index (χ1v) is 9.98. The van der Waals surface area contributed by atoms with Crippen molar-refractivity contribution < 1.29 is 28.9 Å². The van der Waals surface area contributed by atoms with Gasteiger partial charge in [0.25, 0.3) is 0 Å². The summed E-state index contributed by atoms with van der Waals surface area (Å²) in [6.07, 6.45) is 3.43. The van der Waals surface area contributed by atoms with Gasteiger partial charge in [0.05, 0.1) is 11.6 Å². The number of benzene rings is 3. The summed E-state index contributed by atoms with van der Waals surface area (Å²) in [6.45, 7) is 0. The number of pyridine rings is 2. The van der Waals surface area contributed by atoms with Crippen molar-refractivity contribution in [2.45, 2.75) is 0 Å². The van der Waals surface area contributed by atoms with Gasteiger partial charge in [-0.05, 0) is 34.6 Å². The molecule has 0 aliphatic rings. The third-order valence-corrected chi connectivity index (χ3v) is 4.64. The third-order valence-electron chi connectivity index (χ3n) is 4.64. The average molecular weight is 613 g/mol. The van der Waals surface area contributed by atoms with Crippen molar-refractivity contribution in [1.29, 1.82) is 0 Å². The molecule has 0 atom stereocenters. The summed E-state index contributed by atoms with van der Waals surface area (Å²) in [5.74, 6) is -1.88. The van der Waals surface area contributed by atoms with E-state index >= 15 is 0 Å². The van der Waals surface area contributed by atoms with Crippen molar-refractivity contribution >= 4 is 0 Å². The van der Waals surface area contributed by atoms with Crippen LogP contribution in [0.3, 0.4) is 0 Å². The summed E-state index contributed by atoms with van der Waals surface area (Å²) in [5.41, 5.74) is 5.39. The SMILES string of the molecule is Fc1[c-]c(-c2ccccn2)ccc1F.[Ir].[c-]1ccccc1-c1cc(-c2ccccc2)ccn1. The molecule has 5 rings (SSSR count). The molecule has 0 fully saturated rings. The minimum atomic E-state index is -0.979. The van der Waals surface area contributed by atoms with Gasteiger partial charge in [-0.1, -0.05) is 48.5 Å². The Labute approximate surface area is 205 Å². The summed E-state index contributed by atoms with van der Waals surface area (Å²) in [5, 5.41) is 0. The first kappa shape index (κ1) is 24.1. The van der Waals surface area contributed by atoms with Crippen LogP contribution in [0.4, 0.5) is 8.78 Å². The van der Waals surface area contributed by atoms with Gasteiger partial charge in [-0.15, -0.1) is 59.7 Å². The number of halogens is 2. The van der Waals surface area contributed by atoms with E-state index in [1.165, 1.54) is 17.2 Å². The molecule has 0 saturated heterocycles. The zero-order valence-corrected chi connectivity index (χ0v) is 19.8. The van der Waals surface area contributed by atoms with E-state index in [-0.39, 0.29) is 20.1 Å². The minimum absolute atomic E-state index is 0. The molecular weight excluding hydrogens is 595 g/mol. The molecular formula is C28H18F2IrN2-2. The second-order valence-electron chi connectivity index (χ2n) is 6.82. The summed E-state index contributed by atoms with van der Waals surface area (Å²) >= 11 is 0. The van der Waals surface area contributed by atoms with Gasteiger partial charge < -0.3 is 9.97 Å². The molecule has 5 aromatic rings. The van der Waals surface area contributed by atoms with Crippen molar-refractivity contribution in [1.82, 2.24) is 9.97 Å². The Bertz CT molecular complexity index is 1230. The summed E-state index contributed by atoms with van der Waals surface area (Å²) < 4.78 is 25.4. The summed E-state index contributed by atoms with van der Waals surface area (Å²) in [7, 11) is 0. The number of nitrogens with zero attached hydrogens (tertiary/aromatic N) is 2. The fourth-order valence-electron chi connectivity index (χ4n) is 3.06. The normalized spacial score (nSPS) is 9.88. The number of hydrogen-bond acceptors (Lipinski definition) is 2. The van der Waals surface area contributed by atoms with Crippen LogP contribution in [-0.4, -0.2) is 9.97 Å². The quantitative estimate of drug-likeness (QED) is 0.204. The molecule has 1 radical (unpaired) electrons. The Hall–Kier alpha value is -3.53. The fourth-order valence-corrected chi connectivity index (χ4v) is 3.06. The standard InChI is InChI=1S/C17H12N.C11H6F2N.Ir/c1-3-7-14(8-4-1)16-11-12-18-17(13-16)15-9-5-2-6-10-15;12-9-5-4-8(7-10(9)13)11-3-1-2-6-14-11;/h1-9,11-13H;1-6H;/q2*-1;. The van der Waals surface area contributed by atoms with Gasteiger partial charge in [0.1, 0.15) is 0 Å². The molecule has 5 heteroatoms. The predicted octanol–water partition coefficient (Wildman–Crippen LogP) is 7.04. The van der Waals surface area contributed by atoms with Crippen molar-refractivity contribution in [2.75, 3.05) is 0 Å². The van der Waals surface area contributed by atoms with Crippen LogP contribution in [0, 0.1) is 23.8 Å². The third kappa shape index (κ3) is 6.48. The Morgan fingerprint density at radius 2 is 1.36 bits per heavy atom. The fraction of sp³-hybridized carbons (Fsp3) is 0. The molecule has 0 amide bonds. The van der Waals surface area contributed by atoms with E-state index in [0.717, 1.165) is 17.3 Å². The van der Waals surface area contributed by atoms with Gasteiger partial charge in [-0.25, -0.2) is 4.39 Å². The maximum atomic E-state index is 12.8. The molecule has 0 aliphatic heterocycles. The molecule has 0 bridgehead atoms. The average Bonchev–Trinajstić information content (AvgIpc) is 2.88. The molecule has 2 heterocycles. The maximum absolute atomic E-state index is 12.8. The molecule has 3 aromatic carbocycles. The van der Waals surface area contributed by atoms with E-state index < -0.39 is 11.6 Å². The smallest absolute Gasteiger partial charge is 0.0751 e. The predicted molar refractivity (Wildman–Crippen MR) is 122 cm³/mol. The number of aromatic nitrogens is 2. The molecule has 2 aromatic heterocycles. The van der Waals surface area contributed by atoms with Crippen molar-refractivity contribution in [2.24, 2.45) is 0 Å². The second kappa shape index (κ2) is 11.9. The zero-order chi connectivity index (χ0) is 22.2. The molecule has 0 aliphatic carbocycles. The van der Waals surface area contributed by atoms with Crippen LogP contribution in [0.5, 0.6) is 0 Å². The van der Waals surface area contributed by atoms with Crippen LogP contribution in [0.25, 0.3) is 33.6 Å². The van der Waals surface area contributed by atoms with Crippen LogP contribution in [-0.2, 0) is 20.1 Å². The number of rotatable bonds is 3. The Kier molecular flexibility index (Phi) is 8.70. The van der Waals surface area contributed by atoms with Gasteiger partial charge in [0.2, 0.25) is 0 Å². The van der Waals surface area contributed by atoms with E-state index in [0.29, 0.717) is 11.3 Å². The molecule has 165 valence electrons. The van der Waals surface area contributed by atoms with Crippen molar-refractivity contribution in [3.63, 3.8) is 0 Å². The monoisotopic (exact) mass is 613 g/mol. The van der Waals surface area contributed by atoms with Gasteiger partial charge in [0, 0.05) is 32.5 Å². The maximum Gasteiger partial charge on any atom is 0.0751 e. The van der Waals surface area contributed by atoms with Crippen LogP contribution >= 0.6 is 0 Å². The van der Waals surface area contributed by atoms with E-state index in [9.17, 15) is 8.78 Å². The van der Waals surface area contributed by atoms with Crippen molar-refractivity contribution in [3.8, 4) is 33.6 Å². The molecule has 0 unspecified atom stereocenters.